The molecule has 7 heteroatoms. The predicted octanol–water partition coefficient (Wildman–Crippen LogP) is 4.29. The fourth-order valence-corrected chi connectivity index (χ4v) is 4.55. The summed E-state index contributed by atoms with van der Waals surface area (Å²) in [6, 6.07) is 15.3. The normalized spacial score (nSPS) is 15.2. The van der Waals surface area contributed by atoms with Gasteiger partial charge in [0.25, 0.3) is 0 Å². The number of aliphatic imine (C=N–C) groups is 1. The van der Waals surface area contributed by atoms with Crippen molar-refractivity contribution in [1.29, 1.82) is 0 Å². The molecule has 4 rings (SSSR count). The van der Waals surface area contributed by atoms with Gasteiger partial charge >= 0.3 is 0 Å². The minimum atomic E-state index is 0. The van der Waals surface area contributed by atoms with Gasteiger partial charge in [-0.15, -0.1) is 35.3 Å². The first kappa shape index (κ1) is 21.8. The SMILES string of the molecule is CN=C(NCCc1cccc2cccnc12)NC1CCN(c2cccs2)CC1.I. The number of para-hydroxylation sites is 1. The number of nitrogens with one attached hydrogen (secondary N) is 2. The highest BCUT2D eigenvalue weighted by Gasteiger charge is 2.20. The van der Waals surface area contributed by atoms with E-state index in [0.29, 0.717) is 6.04 Å². The van der Waals surface area contributed by atoms with Gasteiger partial charge in [-0.1, -0.05) is 24.3 Å². The number of piperidine rings is 1. The number of thiophene rings is 1. The van der Waals surface area contributed by atoms with Gasteiger partial charge in [-0.25, -0.2) is 0 Å². The summed E-state index contributed by atoms with van der Waals surface area (Å²) >= 11 is 1.82. The Morgan fingerprint density at radius 1 is 1.17 bits per heavy atom. The van der Waals surface area contributed by atoms with Crippen molar-refractivity contribution in [2.24, 2.45) is 4.99 Å². The molecule has 0 unspecified atom stereocenters. The highest BCUT2D eigenvalue weighted by atomic mass is 127. The van der Waals surface area contributed by atoms with Gasteiger partial charge in [0, 0.05) is 44.3 Å². The molecule has 0 atom stereocenters. The standard InChI is InChI=1S/C22H27N5S.HI/c1-23-22(26-19-10-14-27(15-11-19)20-8-4-16-28-20)25-13-9-18-6-2-5-17-7-3-12-24-21(17)18;/h2-8,12,16,19H,9-11,13-15H2,1H3,(H2,23,25,26);1H. The van der Waals surface area contributed by atoms with E-state index < -0.39 is 0 Å². The van der Waals surface area contributed by atoms with Gasteiger partial charge in [-0.05, 0) is 48.4 Å². The molecule has 2 aromatic heterocycles. The molecule has 1 saturated heterocycles. The van der Waals surface area contributed by atoms with Gasteiger partial charge in [0.15, 0.2) is 5.96 Å². The second-order valence-corrected chi connectivity index (χ2v) is 8.02. The summed E-state index contributed by atoms with van der Waals surface area (Å²) in [6.07, 6.45) is 5.05. The third-order valence-corrected chi connectivity index (χ3v) is 6.21. The van der Waals surface area contributed by atoms with E-state index >= 15 is 0 Å². The molecule has 0 radical (unpaired) electrons. The summed E-state index contributed by atoms with van der Waals surface area (Å²) in [7, 11) is 1.84. The average Bonchev–Trinajstić information content (AvgIpc) is 3.28. The van der Waals surface area contributed by atoms with Gasteiger partial charge in [0.05, 0.1) is 10.5 Å². The Morgan fingerprint density at radius 3 is 2.76 bits per heavy atom. The number of pyridine rings is 1. The van der Waals surface area contributed by atoms with Gasteiger partial charge in [-0.2, -0.15) is 0 Å². The van der Waals surface area contributed by atoms with E-state index in [-0.39, 0.29) is 24.0 Å². The number of hydrogen-bond donors (Lipinski definition) is 2. The van der Waals surface area contributed by atoms with Gasteiger partial charge in [0.1, 0.15) is 0 Å². The number of fused-ring (bicyclic) bond motifs is 1. The minimum Gasteiger partial charge on any atom is -0.363 e. The van der Waals surface area contributed by atoms with Crippen molar-refractivity contribution < 1.29 is 0 Å². The maximum Gasteiger partial charge on any atom is 0.191 e. The Balaban J connectivity index is 0.00000240. The Hall–Kier alpha value is -1.87. The molecule has 1 aliphatic heterocycles. The number of benzene rings is 1. The second-order valence-electron chi connectivity index (χ2n) is 7.10. The first-order valence-corrected chi connectivity index (χ1v) is 10.8. The summed E-state index contributed by atoms with van der Waals surface area (Å²) in [5.74, 6) is 0.891. The third-order valence-electron chi connectivity index (χ3n) is 5.28. The molecule has 0 saturated carbocycles. The van der Waals surface area contributed by atoms with Crippen LogP contribution >= 0.6 is 35.3 Å². The fourth-order valence-electron chi connectivity index (χ4n) is 3.77. The topological polar surface area (TPSA) is 52.6 Å². The van der Waals surface area contributed by atoms with Crippen LogP contribution < -0.4 is 15.5 Å². The van der Waals surface area contributed by atoms with E-state index in [0.717, 1.165) is 50.4 Å². The lowest BCUT2D eigenvalue weighted by Crippen LogP contribution is -2.49. The molecule has 154 valence electrons. The Kier molecular flexibility index (Phi) is 8.11. The van der Waals surface area contributed by atoms with Crippen LogP contribution in [0.5, 0.6) is 0 Å². The molecular formula is C22H28IN5S. The number of anilines is 1. The zero-order valence-corrected chi connectivity index (χ0v) is 19.8. The monoisotopic (exact) mass is 521 g/mol. The van der Waals surface area contributed by atoms with Crippen LogP contribution in [0.25, 0.3) is 10.9 Å². The van der Waals surface area contributed by atoms with Crippen molar-refractivity contribution in [2.45, 2.75) is 25.3 Å². The van der Waals surface area contributed by atoms with Crippen LogP contribution in [0.1, 0.15) is 18.4 Å². The van der Waals surface area contributed by atoms with Crippen LogP contribution in [0, 0.1) is 0 Å². The van der Waals surface area contributed by atoms with Crippen LogP contribution in [-0.4, -0.2) is 43.7 Å². The fraction of sp³-hybridized carbons (Fsp3) is 0.364. The molecule has 1 fully saturated rings. The third kappa shape index (κ3) is 5.60. The number of guanidine groups is 1. The molecule has 0 amide bonds. The lowest BCUT2D eigenvalue weighted by Gasteiger charge is -2.33. The molecule has 1 aromatic carbocycles. The van der Waals surface area contributed by atoms with Crippen LogP contribution in [0.4, 0.5) is 5.00 Å². The number of rotatable bonds is 5. The van der Waals surface area contributed by atoms with E-state index in [2.05, 4.69) is 67.3 Å². The van der Waals surface area contributed by atoms with Gasteiger partial charge in [-0.3, -0.25) is 9.98 Å². The van der Waals surface area contributed by atoms with Crippen LogP contribution in [0.2, 0.25) is 0 Å². The zero-order chi connectivity index (χ0) is 19.2. The van der Waals surface area contributed by atoms with Gasteiger partial charge in [0.2, 0.25) is 0 Å². The zero-order valence-electron chi connectivity index (χ0n) is 16.7. The number of aromatic nitrogens is 1. The molecule has 0 spiro atoms. The molecular weight excluding hydrogens is 493 g/mol. The van der Waals surface area contributed by atoms with Crippen molar-refractivity contribution in [3.63, 3.8) is 0 Å². The summed E-state index contributed by atoms with van der Waals surface area (Å²) in [5.41, 5.74) is 2.36. The summed E-state index contributed by atoms with van der Waals surface area (Å²) in [4.78, 5) is 11.4. The highest BCUT2D eigenvalue weighted by Crippen LogP contribution is 2.24. The predicted molar refractivity (Wildman–Crippen MR) is 135 cm³/mol. The van der Waals surface area contributed by atoms with Crippen molar-refractivity contribution in [1.82, 2.24) is 15.6 Å². The summed E-state index contributed by atoms with van der Waals surface area (Å²) in [6.45, 7) is 3.02. The van der Waals surface area contributed by atoms with E-state index in [1.54, 1.807) is 0 Å². The van der Waals surface area contributed by atoms with Crippen molar-refractivity contribution in [3.8, 4) is 0 Å². The van der Waals surface area contributed by atoms with E-state index in [1.165, 1.54) is 16.0 Å². The minimum absolute atomic E-state index is 0. The summed E-state index contributed by atoms with van der Waals surface area (Å²) in [5, 5.41) is 11.8. The first-order valence-electron chi connectivity index (χ1n) is 9.92. The molecule has 0 aliphatic carbocycles. The molecule has 2 N–H and O–H groups in total. The second kappa shape index (κ2) is 10.8. The lowest BCUT2D eigenvalue weighted by atomic mass is 10.1. The molecule has 3 aromatic rings. The molecule has 1 aliphatic rings. The molecule has 0 bridgehead atoms. The van der Waals surface area contributed by atoms with Crippen molar-refractivity contribution in [2.75, 3.05) is 31.6 Å². The Labute approximate surface area is 193 Å². The van der Waals surface area contributed by atoms with Crippen molar-refractivity contribution >= 4 is 57.2 Å². The van der Waals surface area contributed by atoms with Crippen LogP contribution in [0.15, 0.2) is 59.0 Å². The van der Waals surface area contributed by atoms with E-state index in [4.69, 9.17) is 0 Å². The lowest BCUT2D eigenvalue weighted by molar-refractivity contribution is 0.463. The summed E-state index contributed by atoms with van der Waals surface area (Å²) < 4.78 is 0. The largest absolute Gasteiger partial charge is 0.363 e. The first-order chi connectivity index (χ1) is 13.8. The number of nitrogens with zero attached hydrogens (tertiary/aromatic N) is 3. The van der Waals surface area contributed by atoms with Crippen LogP contribution in [0.3, 0.4) is 0 Å². The van der Waals surface area contributed by atoms with E-state index in [9.17, 15) is 0 Å². The smallest absolute Gasteiger partial charge is 0.191 e. The Bertz CT molecular complexity index is 915. The van der Waals surface area contributed by atoms with Gasteiger partial charge < -0.3 is 15.5 Å². The average molecular weight is 521 g/mol. The maximum atomic E-state index is 4.54. The highest BCUT2D eigenvalue weighted by molar-refractivity contribution is 14.0. The molecule has 5 nitrogen and oxygen atoms in total. The molecule has 3 heterocycles. The van der Waals surface area contributed by atoms with Crippen molar-refractivity contribution in [3.05, 3.63) is 59.6 Å². The Morgan fingerprint density at radius 2 is 2.00 bits per heavy atom. The van der Waals surface area contributed by atoms with Crippen LogP contribution in [-0.2, 0) is 6.42 Å². The number of hydrogen-bond acceptors (Lipinski definition) is 4. The molecule has 29 heavy (non-hydrogen) atoms. The maximum absolute atomic E-state index is 4.54. The van der Waals surface area contributed by atoms with E-state index in [1.807, 2.05) is 30.6 Å². The number of halogens is 1. The quantitative estimate of drug-likeness (QED) is 0.299.